The van der Waals surface area contributed by atoms with Crippen molar-refractivity contribution < 1.29 is 15.1 Å². The van der Waals surface area contributed by atoms with E-state index in [-0.39, 0.29) is 24.4 Å². The van der Waals surface area contributed by atoms with Crippen molar-refractivity contribution in [1.82, 2.24) is 4.90 Å². The van der Waals surface area contributed by atoms with Gasteiger partial charge in [-0.05, 0) is 19.8 Å². The molecule has 1 aliphatic carbocycles. The molecular formula is C12H23N3O3. The highest BCUT2D eigenvalue weighted by Gasteiger charge is 2.46. The highest BCUT2D eigenvalue weighted by atomic mass is 16.4. The zero-order valence-electron chi connectivity index (χ0n) is 11.1. The molecule has 1 fully saturated rings. The zero-order valence-corrected chi connectivity index (χ0v) is 11.1. The highest BCUT2D eigenvalue weighted by Crippen LogP contribution is 2.38. The highest BCUT2D eigenvalue weighted by molar-refractivity contribution is 6.06. The van der Waals surface area contributed by atoms with Crippen LogP contribution in [0.5, 0.6) is 0 Å². The lowest BCUT2D eigenvalue weighted by molar-refractivity contribution is -0.141. The van der Waals surface area contributed by atoms with Gasteiger partial charge in [-0.3, -0.25) is 4.79 Å². The van der Waals surface area contributed by atoms with Crippen LogP contribution in [0.25, 0.3) is 0 Å². The van der Waals surface area contributed by atoms with Crippen LogP contribution in [-0.2, 0) is 4.79 Å². The summed E-state index contributed by atoms with van der Waals surface area (Å²) in [4.78, 5) is 14.1. The predicted molar refractivity (Wildman–Crippen MR) is 68.2 cm³/mol. The average molecular weight is 257 g/mol. The summed E-state index contributed by atoms with van der Waals surface area (Å²) in [6, 6.07) is -0.275. The van der Waals surface area contributed by atoms with E-state index in [0.717, 1.165) is 19.3 Å². The second-order valence-corrected chi connectivity index (χ2v) is 5.08. The molecule has 6 nitrogen and oxygen atoms in total. The minimum Gasteiger partial charge on any atom is -0.409 e. The first-order chi connectivity index (χ1) is 8.49. The fourth-order valence-electron chi connectivity index (χ4n) is 2.49. The smallest absolute Gasteiger partial charge is 0.236 e. The third kappa shape index (κ3) is 2.58. The number of nitrogens with zero attached hydrogens (tertiary/aromatic N) is 2. The Hall–Kier alpha value is -1.30. The van der Waals surface area contributed by atoms with Gasteiger partial charge < -0.3 is 20.9 Å². The molecule has 104 valence electrons. The molecule has 1 amide bonds. The molecule has 1 unspecified atom stereocenters. The molecule has 0 aliphatic heterocycles. The molecule has 6 heteroatoms. The van der Waals surface area contributed by atoms with E-state index in [1.54, 1.807) is 14.0 Å². The van der Waals surface area contributed by atoms with E-state index in [1.165, 1.54) is 4.90 Å². The van der Waals surface area contributed by atoms with Crippen molar-refractivity contribution in [3.63, 3.8) is 0 Å². The third-order valence-electron chi connectivity index (χ3n) is 3.96. The Morgan fingerprint density at radius 1 is 1.44 bits per heavy atom. The molecular weight excluding hydrogens is 234 g/mol. The van der Waals surface area contributed by atoms with E-state index in [1.807, 2.05) is 0 Å². The van der Waals surface area contributed by atoms with Crippen LogP contribution in [0, 0.1) is 5.41 Å². The number of hydrogen-bond acceptors (Lipinski definition) is 4. The second-order valence-electron chi connectivity index (χ2n) is 5.08. The van der Waals surface area contributed by atoms with E-state index in [0.29, 0.717) is 12.8 Å². The quantitative estimate of drug-likeness (QED) is 0.296. The molecule has 4 N–H and O–H groups in total. The number of oxime groups is 1. The summed E-state index contributed by atoms with van der Waals surface area (Å²) in [6.45, 7) is 1.66. The van der Waals surface area contributed by atoms with Gasteiger partial charge in [0.25, 0.3) is 0 Å². The number of carbonyl (C=O) groups is 1. The van der Waals surface area contributed by atoms with E-state index < -0.39 is 5.41 Å². The molecule has 0 saturated heterocycles. The monoisotopic (exact) mass is 257 g/mol. The van der Waals surface area contributed by atoms with Gasteiger partial charge in [-0.2, -0.15) is 0 Å². The molecule has 1 aliphatic rings. The largest absolute Gasteiger partial charge is 0.409 e. The number of likely N-dealkylation sites (N-methyl/N-ethyl adjacent to an activating group) is 1. The first-order valence-electron chi connectivity index (χ1n) is 6.35. The number of aliphatic hydroxyl groups excluding tert-OH is 1. The molecule has 1 atom stereocenters. The van der Waals surface area contributed by atoms with Crippen LogP contribution in [-0.4, -0.2) is 46.7 Å². The molecule has 0 aromatic carbocycles. The summed E-state index contributed by atoms with van der Waals surface area (Å²) < 4.78 is 0. The van der Waals surface area contributed by atoms with Crippen LogP contribution in [0.1, 0.15) is 39.0 Å². The molecule has 1 saturated carbocycles. The average Bonchev–Trinajstić information content (AvgIpc) is 2.44. The Bertz CT molecular complexity index is 325. The maximum absolute atomic E-state index is 12.6. The minimum atomic E-state index is -0.898. The van der Waals surface area contributed by atoms with Crippen LogP contribution in [0.4, 0.5) is 0 Å². The van der Waals surface area contributed by atoms with Crippen molar-refractivity contribution in [2.24, 2.45) is 16.3 Å². The standard InChI is InChI=1S/C12H23N3O3/c1-9(8-16)15(2)11(17)12(10(13)14-18)6-4-3-5-7-12/h9,16,18H,3-8H2,1-2H3,(H2,13,14). The maximum Gasteiger partial charge on any atom is 0.236 e. The number of aliphatic hydroxyl groups is 1. The van der Waals surface area contributed by atoms with Gasteiger partial charge >= 0.3 is 0 Å². The lowest BCUT2D eigenvalue weighted by Gasteiger charge is -2.39. The van der Waals surface area contributed by atoms with Gasteiger partial charge in [-0.15, -0.1) is 0 Å². The molecule has 0 aromatic rings. The van der Waals surface area contributed by atoms with Crippen LogP contribution in [0.2, 0.25) is 0 Å². The van der Waals surface area contributed by atoms with Crippen molar-refractivity contribution in [2.45, 2.75) is 45.1 Å². The number of hydrogen-bond donors (Lipinski definition) is 3. The molecule has 18 heavy (non-hydrogen) atoms. The fraction of sp³-hybridized carbons (Fsp3) is 0.833. The Morgan fingerprint density at radius 2 is 2.00 bits per heavy atom. The maximum atomic E-state index is 12.6. The van der Waals surface area contributed by atoms with Gasteiger partial charge in [0.05, 0.1) is 12.6 Å². The van der Waals surface area contributed by atoms with Gasteiger partial charge in [0, 0.05) is 7.05 Å². The summed E-state index contributed by atoms with van der Waals surface area (Å²) in [5.74, 6) is -0.178. The zero-order chi connectivity index (χ0) is 13.8. The van der Waals surface area contributed by atoms with Crippen LogP contribution in [0.3, 0.4) is 0 Å². The number of nitrogens with two attached hydrogens (primary N) is 1. The molecule has 1 rings (SSSR count). The molecule has 0 heterocycles. The van der Waals surface area contributed by atoms with Gasteiger partial charge in [-0.1, -0.05) is 24.4 Å². The predicted octanol–water partition coefficient (Wildman–Crippen LogP) is 0.522. The van der Waals surface area contributed by atoms with E-state index in [4.69, 9.17) is 16.0 Å². The van der Waals surface area contributed by atoms with Crippen molar-refractivity contribution in [1.29, 1.82) is 0 Å². The summed E-state index contributed by atoms with van der Waals surface area (Å²) in [5.41, 5.74) is 4.86. The van der Waals surface area contributed by atoms with Crippen LogP contribution < -0.4 is 5.73 Å². The van der Waals surface area contributed by atoms with E-state index in [9.17, 15) is 4.79 Å². The van der Waals surface area contributed by atoms with Crippen LogP contribution in [0.15, 0.2) is 5.16 Å². The van der Waals surface area contributed by atoms with Gasteiger partial charge in [0.2, 0.25) is 5.91 Å². The SMILES string of the molecule is CC(CO)N(C)C(=O)C1(C(N)=NO)CCCCC1. The minimum absolute atomic E-state index is 0.0100. The van der Waals surface area contributed by atoms with Gasteiger partial charge in [0.15, 0.2) is 5.84 Å². The van der Waals surface area contributed by atoms with Crippen molar-refractivity contribution >= 4 is 11.7 Å². The van der Waals surface area contributed by atoms with Crippen molar-refractivity contribution in [2.75, 3.05) is 13.7 Å². The van der Waals surface area contributed by atoms with E-state index in [2.05, 4.69) is 5.16 Å². The summed E-state index contributed by atoms with van der Waals surface area (Å²) >= 11 is 0. The van der Waals surface area contributed by atoms with Gasteiger partial charge in [0.1, 0.15) is 5.41 Å². The third-order valence-corrected chi connectivity index (χ3v) is 3.96. The molecule has 0 aromatic heterocycles. The van der Waals surface area contributed by atoms with Gasteiger partial charge in [-0.25, -0.2) is 0 Å². The Balaban J connectivity index is 3.00. The molecule has 0 spiro atoms. The number of carbonyl (C=O) groups excluding carboxylic acids is 1. The molecule has 0 radical (unpaired) electrons. The summed E-state index contributed by atoms with van der Waals surface area (Å²) in [5, 5.41) is 21.1. The van der Waals surface area contributed by atoms with E-state index >= 15 is 0 Å². The van der Waals surface area contributed by atoms with Crippen molar-refractivity contribution in [3.8, 4) is 0 Å². The van der Waals surface area contributed by atoms with Crippen molar-refractivity contribution in [3.05, 3.63) is 0 Å². The lowest BCUT2D eigenvalue weighted by atomic mass is 9.72. The Labute approximate surface area is 107 Å². The summed E-state index contributed by atoms with van der Waals surface area (Å²) in [7, 11) is 1.64. The Kier molecular flexibility index (Phi) is 4.95. The normalized spacial score (nSPS) is 21.4. The number of amidine groups is 1. The topological polar surface area (TPSA) is 99.2 Å². The van der Waals surface area contributed by atoms with Crippen LogP contribution >= 0.6 is 0 Å². The summed E-state index contributed by atoms with van der Waals surface area (Å²) in [6.07, 6.45) is 4.05. The number of rotatable bonds is 4. The fourth-order valence-corrected chi connectivity index (χ4v) is 2.49. The first-order valence-corrected chi connectivity index (χ1v) is 6.35. The first kappa shape index (κ1) is 14.8. The Morgan fingerprint density at radius 3 is 2.44 bits per heavy atom. The second kappa shape index (κ2) is 6.04. The number of amides is 1. The lowest BCUT2D eigenvalue weighted by Crippen LogP contribution is -2.53. The molecule has 0 bridgehead atoms.